The van der Waals surface area contributed by atoms with Crippen LogP contribution in [-0.2, 0) is 31.0 Å². The fourth-order valence-corrected chi connectivity index (χ4v) is 4.35. The van der Waals surface area contributed by atoms with Gasteiger partial charge in [-0.3, -0.25) is 14.4 Å². The summed E-state index contributed by atoms with van der Waals surface area (Å²) in [7, 11) is -3.08. The van der Waals surface area contributed by atoms with E-state index in [0.29, 0.717) is 23.0 Å². The molecule has 0 spiro atoms. The molecule has 1 aromatic carbocycles. The maximum atomic E-state index is 12.9. The highest BCUT2D eigenvalue weighted by Crippen LogP contribution is 2.25. The van der Waals surface area contributed by atoms with E-state index in [1.807, 2.05) is 0 Å². The molecular weight excluding hydrogens is 435 g/mol. The second-order valence-corrected chi connectivity index (χ2v) is 8.83. The number of carbonyl (C=O) groups is 2. The van der Waals surface area contributed by atoms with E-state index in [-0.39, 0.29) is 15.1 Å². The van der Waals surface area contributed by atoms with E-state index in [1.165, 1.54) is 43.5 Å². The summed E-state index contributed by atoms with van der Waals surface area (Å²) in [6, 6.07) is 7.74. The second kappa shape index (κ2) is 9.15. The Morgan fingerprint density at radius 1 is 1.29 bits per heavy atom. The van der Waals surface area contributed by atoms with Crippen LogP contribution >= 0.6 is 22.9 Å². The number of hydrogen-bond acceptors (Lipinski definition) is 7. The number of amides is 2. The highest BCUT2D eigenvalue weighted by atomic mass is 35.5. The molecule has 0 atom stereocenters. The van der Waals surface area contributed by atoms with E-state index in [2.05, 4.69) is 0 Å². The van der Waals surface area contributed by atoms with E-state index in [4.69, 9.17) is 16.4 Å². The number of thiophene rings is 1. The third-order valence-electron chi connectivity index (χ3n) is 3.24. The quantitative estimate of drug-likeness (QED) is 0.382. The number of carbonyl (C=O) groups excluding carboxylic acids is 2. The van der Waals surface area contributed by atoms with Crippen molar-refractivity contribution in [3.05, 3.63) is 64.0 Å². The van der Waals surface area contributed by atoms with Crippen molar-refractivity contribution in [1.82, 2.24) is 9.79 Å². The van der Waals surface area contributed by atoms with Crippen molar-refractivity contribution in [2.45, 2.75) is 10.8 Å². The third-order valence-corrected chi connectivity index (χ3v) is 6.29. The number of hydrogen-bond donors (Lipinski definition) is 2. The van der Waals surface area contributed by atoms with Gasteiger partial charge in [0.2, 0.25) is 0 Å². The van der Waals surface area contributed by atoms with Gasteiger partial charge in [-0.25, -0.2) is 22.6 Å². The van der Waals surface area contributed by atoms with Crippen molar-refractivity contribution in [3.8, 4) is 0 Å². The molecule has 0 aliphatic rings. The lowest BCUT2D eigenvalue weighted by Gasteiger charge is -2.18. The molecule has 0 unspecified atom stereocenters. The maximum Gasteiger partial charge on any atom is 0.300 e. The van der Waals surface area contributed by atoms with Gasteiger partial charge >= 0.3 is 0 Å². The van der Waals surface area contributed by atoms with Gasteiger partial charge in [-0.15, -0.1) is 11.3 Å². The SMILES string of the molecule is CON(Cc1ccc(F)cc1)C(=O)/C=C(\O)C(=O)NS(=O)(=O)c1ccc(Cl)s1. The zero-order valence-electron chi connectivity index (χ0n) is 14.3. The molecule has 0 saturated carbocycles. The molecule has 28 heavy (non-hydrogen) atoms. The van der Waals surface area contributed by atoms with Crippen molar-refractivity contribution in [3.63, 3.8) is 0 Å². The molecule has 2 amide bonds. The van der Waals surface area contributed by atoms with Gasteiger partial charge in [0.1, 0.15) is 10.0 Å². The fourth-order valence-electron chi connectivity index (χ4n) is 1.91. The summed E-state index contributed by atoms with van der Waals surface area (Å²) in [6.07, 6.45) is 0.499. The molecule has 2 N–H and O–H groups in total. The number of nitrogens with one attached hydrogen (secondary N) is 1. The Morgan fingerprint density at radius 3 is 2.46 bits per heavy atom. The number of hydroxylamine groups is 2. The summed E-state index contributed by atoms with van der Waals surface area (Å²) in [5, 5.41) is 10.5. The molecule has 12 heteroatoms. The maximum absolute atomic E-state index is 12.9. The van der Waals surface area contributed by atoms with Crippen molar-refractivity contribution >= 4 is 44.8 Å². The van der Waals surface area contributed by atoms with E-state index in [0.717, 1.165) is 5.06 Å². The summed E-state index contributed by atoms with van der Waals surface area (Å²) in [5.41, 5.74) is 0.520. The second-order valence-electron chi connectivity index (χ2n) is 5.21. The molecule has 0 saturated heterocycles. The average Bonchev–Trinajstić information content (AvgIpc) is 3.08. The molecular formula is C16H14ClFN2O6S2. The first-order valence-corrected chi connectivity index (χ1v) is 10.1. The zero-order valence-corrected chi connectivity index (χ0v) is 16.6. The van der Waals surface area contributed by atoms with Gasteiger partial charge in [-0.1, -0.05) is 23.7 Å². The van der Waals surface area contributed by atoms with Crippen LogP contribution < -0.4 is 4.72 Å². The summed E-state index contributed by atoms with van der Waals surface area (Å²) >= 11 is 6.37. The van der Waals surface area contributed by atoms with Crippen molar-refractivity contribution in [2.75, 3.05) is 7.11 Å². The highest BCUT2D eigenvalue weighted by molar-refractivity contribution is 7.92. The van der Waals surface area contributed by atoms with E-state index in [9.17, 15) is 27.5 Å². The molecule has 2 aromatic rings. The first-order valence-electron chi connectivity index (χ1n) is 7.45. The van der Waals surface area contributed by atoms with E-state index in [1.54, 1.807) is 4.72 Å². The Morgan fingerprint density at radius 2 is 1.93 bits per heavy atom. The Bertz CT molecular complexity index is 1000. The number of benzene rings is 1. The molecule has 0 radical (unpaired) electrons. The number of halogens is 2. The molecule has 1 heterocycles. The number of sulfonamides is 1. The van der Waals surface area contributed by atoms with Gasteiger partial charge in [-0.2, -0.15) is 0 Å². The van der Waals surface area contributed by atoms with Crippen molar-refractivity contribution in [2.24, 2.45) is 0 Å². The predicted molar refractivity (Wildman–Crippen MR) is 99.3 cm³/mol. The van der Waals surface area contributed by atoms with Crippen LogP contribution in [0.15, 0.2) is 52.4 Å². The Hall–Kier alpha value is -2.47. The normalized spacial score (nSPS) is 11.9. The monoisotopic (exact) mass is 448 g/mol. The topological polar surface area (TPSA) is 113 Å². The van der Waals surface area contributed by atoms with Crippen LogP contribution in [0.4, 0.5) is 4.39 Å². The smallest absolute Gasteiger partial charge is 0.300 e. The summed E-state index contributed by atoms with van der Waals surface area (Å²) in [5.74, 6) is -3.94. The van der Waals surface area contributed by atoms with Crippen molar-refractivity contribution < 1.29 is 32.3 Å². The first kappa shape index (κ1) is 21.8. The van der Waals surface area contributed by atoms with Gasteiger partial charge in [0, 0.05) is 0 Å². The number of nitrogens with zero attached hydrogens (tertiary/aromatic N) is 1. The molecule has 150 valence electrons. The fraction of sp³-hybridized carbons (Fsp3) is 0.125. The van der Waals surface area contributed by atoms with Crippen LogP contribution in [0.1, 0.15) is 5.56 Å². The van der Waals surface area contributed by atoms with Crippen molar-refractivity contribution in [1.29, 1.82) is 0 Å². The molecule has 2 rings (SSSR count). The van der Waals surface area contributed by atoms with Gasteiger partial charge in [0.05, 0.1) is 24.1 Å². The minimum Gasteiger partial charge on any atom is -0.503 e. The molecule has 0 aliphatic carbocycles. The summed E-state index contributed by atoms with van der Waals surface area (Å²) in [6.45, 7) is -0.104. The van der Waals surface area contributed by atoms with Gasteiger partial charge in [0.25, 0.3) is 21.8 Å². The van der Waals surface area contributed by atoms with Gasteiger partial charge in [0.15, 0.2) is 5.76 Å². The minimum absolute atomic E-state index is 0.104. The number of rotatable bonds is 7. The van der Waals surface area contributed by atoms with E-state index < -0.39 is 33.4 Å². The third kappa shape index (κ3) is 5.76. The first-order chi connectivity index (χ1) is 13.1. The number of aliphatic hydroxyl groups is 1. The molecule has 0 bridgehead atoms. The molecule has 1 aromatic heterocycles. The number of aliphatic hydroxyl groups excluding tert-OH is 1. The Balaban J connectivity index is 2.08. The van der Waals surface area contributed by atoms with E-state index >= 15 is 0 Å². The zero-order chi connectivity index (χ0) is 20.9. The van der Waals surface area contributed by atoms with Crippen LogP contribution in [0.2, 0.25) is 4.34 Å². The van der Waals surface area contributed by atoms with Crippen LogP contribution in [0.5, 0.6) is 0 Å². The molecule has 0 aliphatic heterocycles. The lowest BCUT2D eigenvalue weighted by Crippen LogP contribution is -2.33. The summed E-state index contributed by atoms with van der Waals surface area (Å²) < 4.78 is 38.6. The Labute approximate surface area is 168 Å². The van der Waals surface area contributed by atoms with Crippen LogP contribution in [0.25, 0.3) is 0 Å². The predicted octanol–water partition coefficient (Wildman–Crippen LogP) is 2.38. The van der Waals surface area contributed by atoms with Crippen LogP contribution in [0.3, 0.4) is 0 Å². The highest BCUT2D eigenvalue weighted by Gasteiger charge is 2.23. The van der Waals surface area contributed by atoms with Crippen LogP contribution in [0, 0.1) is 5.82 Å². The lowest BCUT2D eigenvalue weighted by atomic mass is 10.2. The summed E-state index contributed by atoms with van der Waals surface area (Å²) in [4.78, 5) is 28.9. The minimum atomic E-state index is -4.26. The average molecular weight is 449 g/mol. The standard InChI is InChI=1S/C16H14ClFN2O6S2/c1-26-20(9-10-2-4-11(18)5-3-10)14(22)8-12(21)16(23)19-28(24,25)15-7-6-13(17)27-15/h2-8,21H,9H2,1H3,(H,19,23)/b12-8-. The van der Waals surface area contributed by atoms with Gasteiger partial charge < -0.3 is 5.11 Å². The van der Waals surface area contributed by atoms with Crippen LogP contribution in [-0.4, -0.2) is 37.5 Å². The Kier molecular flexibility index (Phi) is 7.13. The largest absolute Gasteiger partial charge is 0.503 e. The lowest BCUT2D eigenvalue weighted by molar-refractivity contribution is -0.173. The van der Waals surface area contributed by atoms with Gasteiger partial charge in [-0.05, 0) is 29.8 Å². The molecule has 8 nitrogen and oxygen atoms in total. The molecule has 0 fully saturated rings.